The van der Waals surface area contributed by atoms with Crippen LogP contribution < -0.4 is 11.1 Å². The third-order valence-corrected chi connectivity index (χ3v) is 2.97. The Kier molecular flexibility index (Phi) is 4.13. The number of amides is 1. The first-order chi connectivity index (χ1) is 9.13. The van der Waals surface area contributed by atoms with Crippen LogP contribution in [0.3, 0.4) is 0 Å². The Hall–Kier alpha value is -1.92. The summed E-state index contributed by atoms with van der Waals surface area (Å²) in [6.07, 6.45) is 3.47. The maximum Gasteiger partial charge on any atom is 0.241 e. The van der Waals surface area contributed by atoms with Crippen molar-refractivity contribution in [2.45, 2.75) is 19.4 Å². The van der Waals surface area contributed by atoms with Crippen molar-refractivity contribution >= 4 is 23.2 Å². The van der Waals surface area contributed by atoms with E-state index in [4.69, 9.17) is 17.3 Å². The molecule has 19 heavy (non-hydrogen) atoms. The number of nitrogens with two attached hydrogens (primary N) is 1. The van der Waals surface area contributed by atoms with Gasteiger partial charge >= 0.3 is 0 Å². The second-order valence-corrected chi connectivity index (χ2v) is 4.39. The fraction of sp³-hybridized carbons (Fsp3) is 0.250. The number of anilines is 1. The molecule has 6 nitrogen and oxygen atoms in total. The number of halogens is 1. The van der Waals surface area contributed by atoms with Crippen LogP contribution in [0.4, 0.5) is 5.69 Å². The van der Waals surface area contributed by atoms with E-state index in [9.17, 15) is 4.79 Å². The lowest BCUT2D eigenvalue weighted by Crippen LogP contribution is -2.35. The fourth-order valence-corrected chi connectivity index (χ4v) is 1.84. The Balaban J connectivity index is 2.36. The molecule has 2 rings (SSSR count). The number of aromatic nitrogens is 3. The van der Waals surface area contributed by atoms with E-state index in [1.54, 1.807) is 18.2 Å². The number of benzene rings is 1. The summed E-state index contributed by atoms with van der Waals surface area (Å²) in [4.78, 5) is 15.7. The van der Waals surface area contributed by atoms with Crippen LogP contribution in [0, 0.1) is 0 Å². The van der Waals surface area contributed by atoms with Crippen molar-refractivity contribution in [1.29, 1.82) is 0 Å². The van der Waals surface area contributed by atoms with E-state index in [0.29, 0.717) is 22.8 Å². The van der Waals surface area contributed by atoms with E-state index in [2.05, 4.69) is 15.4 Å². The van der Waals surface area contributed by atoms with Gasteiger partial charge in [-0.2, -0.15) is 5.10 Å². The first kappa shape index (κ1) is 13.5. The Morgan fingerprint density at radius 3 is 3.00 bits per heavy atom. The molecule has 1 aromatic heterocycles. The Labute approximate surface area is 115 Å². The molecule has 0 aliphatic carbocycles. The van der Waals surface area contributed by atoms with Crippen LogP contribution >= 0.6 is 11.6 Å². The molecule has 2 aromatic rings. The Morgan fingerprint density at radius 2 is 2.37 bits per heavy atom. The number of para-hydroxylation sites is 1. The molecule has 0 aliphatic rings. The number of rotatable bonds is 4. The van der Waals surface area contributed by atoms with Gasteiger partial charge in [-0.3, -0.25) is 4.79 Å². The average molecular weight is 280 g/mol. The zero-order valence-corrected chi connectivity index (χ0v) is 11.1. The largest absolute Gasteiger partial charge is 0.323 e. The predicted molar refractivity (Wildman–Crippen MR) is 73.3 cm³/mol. The number of carbonyl (C=O) groups is 1. The zero-order valence-electron chi connectivity index (χ0n) is 10.4. The first-order valence-corrected chi connectivity index (χ1v) is 6.21. The average Bonchev–Trinajstić information content (AvgIpc) is 2.91. The van der Waals surface area contributed by atoms with Gasteiger partial charge in [-0.25, -0.2) is 9.67 Å². The van der Waals surface area contributed by atoms with Crippen molar-refractivity contribution in [2.24, 2.45) is 5.73 Å². The monoisotopic (exact) mass is 279 g/mol. The van der Waals surface area contributed by atoms with Crippen molar-refractivity contribution in [2.75, 3.05) is 5.32 Å². The summed E-state index contributed by atoms with van der Waals surface area (Å²) in [5.41, 5.74) is 6.81. The van der Waals surface area contributed by atoms with Gasteiger partial charge in [0.2, 0.25) is 5.91 Å². The lowest BCUT2D eigenvalue weighted by atomic mass is 10.2. The predicted octanol–water partition coefficient (Wildman–Crippen LogP) is 1.60. The normalized spacial score (nSPS) is 12.2. The second-order valence-electron chi connectivity index (χ2n) is 3.98. The number of hydrogen-bond donors (Lipinski definition) is 2. The molecule has 1 heterocycles. The van der Waals surface area contributed by atoms with Crippen LogP contribution in [0.25, 0.3) is 5.69 Å². The van der Waals surface area contributed by atoms with Gasteiger partial charge in [0.15, 0.2) is 0 Å². The third kappa shape index (κ3) is 2.91. The summed E-state index contributed by atoms with van der Waals surface area (Å²) in [7, 11) is 0. The van der Waals surface area contributed by atoms with Gasteiger partial charge in [-0.1, -0.05) is 24.6 Å². The molecule has 3 N–H and O–H groups in total. The Bertz CT molecular complexity index is 570. The molecule has 0 spiro atoms. The molecular weight excluding hydrogens is 266 g/mol. The second kappa shape index (κ2) is 5.81. The van der Waals surface area contributed by atoms with E-state index < -0.39 is 6.04 Å². The summed E-state index contributed by atoms with van der Waals surface area (Å²) < 4.78 is 1.50. The van der Waals surface area contributed by atoms with Gasteiger partial charge in [-0.15, -0.1) is 0 Å². The van der Waals surface area contributed by atoms with Crippen LogP contribution in [0.5, 0.6) is 0 Å². The molecule has 0 fully saturated rings. The van der Waals surface area contributed by atoms with Crippen LogP contribution in [-0.2, 0) is 4.79 Å². The highest BCUT2D eigenvalue weighted by Crippen LogP contribution is 2.27. The smallest absolute Gasteiger partial charge is 0.241 e. The highest BCUT2D eigenvalue weighted by Gasteiger charge is 2.15. The van der Waals surface area contributed by atoms with E-state index in [-0.39, 0.29) is 5.91 Å². The van der Waals surface area contributed by atoms with E-state index >= 15 is 0 Å². The summed E-state index contributed by atoms with van der Waals surface area (Å²) in [6, 6.07) is 4.65. The van der Waals surface area contributed by atoms with Crippen LogP contribution in [0.1, 0.15) is 13.3 Å². The van der Waals surface area contributed by atoms with Gasteiger partial charge in [0, 0.05) is 0 Å². The Morgan fingerprint density at radius 1 is 1.58 bits per heavy atom. The van der Waals surface area contributed by atoms with Crippen molar-refractivity contribution in [3.63, 3.8) is 0 Å². The van der Waals surface area contributed by atoms with Crippen molar-refractivity contribution in [1.82, 2.24) is 14.8 Å². The summed E-state index contributed by atoms with van der Waals surface area (Å²) >= 11 is 6.15. The van der Waals surface area contributed by atoms with E-state index in [0.717, 1.165) is 0 Å². The van der Waals surface area contributed by atoms with Gasteiger partial charge in [0.25, 0.3) is 0 Å². The molecule has 1 aromatic carbocycles. The molecule has 0 radical (unpaired) electrons. The molecule has 1 amide bonds. The quantitative estimate of drug-likeness (QED) is 0.890. The van der Waals surface area contributed by atoms with Crippen LogP contribution in [0.2, 0.25) is 5.02 Å². The highest BCUT2D eigenvalue weighted by atomic mass is 35.5. The highest BCUT2D eigenvalue weighted by molar-refractivity contribution is 6.33. The third-order valence-electron chi connectivity index (χ3n) is 2.67. The number of nitrogens with zero attached hydrogens (tertiary/aromatic N) is 3. The van der Waals surface area contributed by atoms with E-state index in [1.165, 1.54) is 17.3 Å². The minimum absolute atomic E-state index is 0.258. The van der Waals surface area contributed by atoms with Gasteiger partial charge in [0.05, 0.1) is 16.8 Å². The zero-order chi connectivity index (χ0) is 13.8. The number of hydrogen-bond acceptors (Lipinski definition) is 4. The maximum atomic E-state index is 11.9. The molecule has 0 bridgehead atoms. The molecule has 0 unspecified atom stereocenters. The molecule has 7 heteroatoms. The van der Waals surface area contributed by atoms with Gasteiger partial charge in [-0.05, 0) is 18.6 Å². The van der Waals surface area contributed by atoms with Crippen molar-refractivity contribution in [3.05, 3.63) is 35.9 Å². The van der Waals surface area contributed by atoms with Crippen molar-refractivity contribution in [3.8, 4) is 5.69 Å². The molecule has 100 valence electrons. The first-order valence-electron chi connectivity index (χ1n) is 5.83. The minimum atomic E-state index is -0.553. The molecule has 0 saturated heterocycles. The van der Waals surface area contributed by atoms with Crippen LogP contribution in [-0.4, -0.2) is 26.7 Å². The maximum absolute atomic E-state index is 11.9. The summed E-state index contributed by atoms with van der Waals surface area (Å²) in [5, 5.41) is 7.24. The SMILES string of the molecule is CC[C@@H](N)C(=O)Nc1cccc(Cl)c1-n1cncn1. The molecule has 0 saturated carbocycles. The fourth-order valence-electron chi connectivity index (χ4n) is 1.58. The van der Waals surface area contributed by atoms with Crippen molar-refractivity contribution < 1.29 is 4.79 Å². The molecule has 1 atom stereocenters. The van der Waals surface area contributed by atoms with Crippen LogP contribution in [0.15, 0.2) is 30.9 Å². The van der Waals surface area contributed by atoms with Gasteiger partial charge < -0.3 is 11.1 Å². The number of nitrogens with one attached hydrogen (secondary N) is 1. The molecule has 0 aliphatic heterocycles. The lowest BCUT2D eigenvalue weighted by molar-refractivity contribution is -0.117. The van der Waals surface area contributed by atoms with E-state index in [1.807, 2.05) is 6.92 Å². The summed E-state index contributed by atoms with van der Waals surface area (Å²) in [5.74, 6) is -0.258. The molecular formula is C12H14ClN5O. The lowest BCUT2D eigenvalue weighted by Gasteiger charge is -2.14. The summed E-state index contributed by atoms with van der Waals surface area (Å²) in [6.45, 7) is 1.85. The topological polar surface area (TPSA) is 85.8 Å². The minimum Gasteiger partial charge on any atom is -0.323 e. The standard InChI is InChI=1S/C12H14ClN5O/c1-2-9(14)12(19)17-10-5-3-4-8(13)11(10)18-7-15-6-16-18/h3-7,9H,2,14H2,1H3,(H,17,19)/t9-/m1/s1. The number of carbonyl (C=O) groups excluding carboxylic acids is 1. The van der Waals surface area contributed by atoms with Gasteiger partial charge in [0.1, 0.15) is 18.3 Å².